The van der Waals surface area contributed by atoms with Crippen LogP contribution in [-0.4, -0.2) is 12.5 Å². The van der Waals surface area contributed by atoms with E-state index in [9.17, 15) is 4.79 Å². The van der Waals surface area contributed by atoms with E-state index in [2.05, 4.69) is 27.9 Å². The van der Waals surface area contributed by atoms with Crippen LogP contribution in [0.25, 0.3) is 6.08 Å². The minimum Gasteiger partial charge on any atom is -0.488 e. The van der Waals surface area contributed by atoms with Gasteiger partial charge in [-0.3, -0.25) is 4.79 Å². The number of amides is 1. The molecule has 0 bridgehead atoms. The topological polar surface area (TPSA) is 38.3 Å². The van der Waals surface area contributed by atoms with Crippen LogP contribution in [0.4, 0.5) is 5.69 Å². The molecule has 4 heteroatoms. The number of carbonyl (C=O) groups excluding carboxylic acids is 1. The Labute approximate surface area is 130 Å². The molecule has 0 radical (unpaired) electrons. The number of rotatable bonds is 2. The summed E-state index contributed by atoms with van der Waals surface area (Å²) in [6.07, 6.45) is 1.88. The van der Waals surface area contributed by atoms with Crippen LogP contribution < -0.4 is 10.1 Å². The predicted molar refractivity (Wildman–Crippen MR) is 87.7 cm³/mol. The van der Waals surface area contributed by atoms with Crippen molar-refractivity contribution in [2.75, 3.05) is 11.9 Å². The molecule has 3 nitrogen and oxygen atoms in total. The number of ether oxygens (including phenoxy) is 1. The average Bonchev–Trinajstić information content (AvgIpc) is 2.47. The summed E-state index contributed by atoms with van der Waals surface area (Å²) in [7, 11) is 0. The van der Waals surface area contributed by atoms with Gasteiger partial charge in [-0.15, -0.1) is 0 Å². The van der Waals surface area contributed by atoms with Gasteiger partial charge in [0.1, 0.15) is 12.4 Å². The van der Waals surface area contributed by atoms with Crippen molar-refractivity contribution in [3.8, 4) is 5.75 Å². The zero-order valence-electron chi connectivity index (χ0n) is 10.6. The molecule has 1 aliphatic rings. The van der Waals surface area contributed by atoms with Crippen LogP contribution in [0.5, 0.6) is 5.75 Å². The first kappa shape index (κ1) is 13.2. The largest absolute Gasteiger partial charge is 0.488 e. The molecule has 100 valence electrons. The highest BCUT2D eigenvalue weighted by Gasteiger charge is 2.16. The summed E-state index contributed by atoms with van der Waals surface area (Å²) in [6, 6.07) is 15.4. The van der Waals surface area contributed by atoms with Crippen molar-refractivity contribution in [3.05, 3.63) is 63.2 Å². The Hall–Kier alpha value is -1.82. The van der Waals surface area contributed by atoms with Crippen LogP contribution in [0.3, 0.4) is 0 Å². The highest BCUT2D eigenvalue weighted by Crippen LogP contribution is 2.26. The molecule has 1 aliphatic heterocycles. The van der Waals surface area contributed by atoms with E-state index in [-0.39, 0.29) is 5.91 Å². The summed E-state index contributed by atoms with van der Waals surface area (Å²) in [5, 5.41) is 2.89. The first-order chi connectivity index (χ1) is 9.72. The quantitative estimate of drug-likeness (QED) is 0.811. The monoisotopic (exact) mass is 377 g/mol. The third-order valence-corrected chi connectivity index (χ3v) is 3.68. The van der Waals surface area contributed by atoms with Crippen molar-refractivity contribution >= 4 is 40.3 Å². The third-order valence-electron chi connectivity index (χ3n) is 3.01. The molecular weight excluding hydrogens is 365 g/mol. The van der Waals surface area contributed by atoms with Crippen molar-refractivity contribution in [3.63, 3.8) is 0 Å². The molecule has 0 aromatic heterocycles. The van der Waals surface area contributed by atoms with E-state index in [4.69, 9.17) is 4.74 Å². The summed E-state index contributed by atoms with van der Waals surface area (Å²) in [6.45, 7) is 0.298. The van der Waals surface area contributed by atoms with Gasteiger partial charge in [0.2, 0.25) is 0 Å². The zero-order chi connectivity index (χ0) is 13.9. The maximum atomic E-state index is 12.2. The number of benzene rings is 2. The lowest BCUT2D eigenvalue weighted by Crippen LogP contribution is -2.21. The molecule has 0 aliphatic carbocycles. The fourth-order valence-corrected chi connectivity index (χ4v) is 2.57. The zero-order valence-corrected chi connectivity index (χ0v) is 12.8. The molecule has 1 N–H and O–H groups in total. The lowest BCUT2D eigenvalue weighted by molar-refractivity contribution is -0.113. The summed E-state index contributed by atoms with van der Waals surface area (Å²) in [5.41, 5.74) is 2.36. The van der Waals surface area contributed by atoms with Crippen LogP contribution in [0, 0.1) is 3.57 Å². The smallest absolute Gasteiger partial charge is 0.255 e. The van der Waals surface area contributed by atoms with Crippen LogP contribution in [-0.2, 0) is 4.79 Å². The van der Waals surface area contributed by atoms with Crippen molar-refractivity contribution < 1.29 is 9.53 Å². The number of hydrogen-bond donors (Lipinski definition) is 1. The average molecular weight is 377 g/mol. The van der Waals surface area contributed by atoms with Gasteiger partial charge in [-0.1, -0.05) is 24.3 Å². The van der Waals surface area contributed by atoms with E-state index >= 15 is 0 Å². The SMILES string of the molecule is O=C(Nc1cccc(I)c1)C1=Cc2ccccc2OC1. The van der Waals surface area contributed by atoms with Crippen LogP contribution in [0.2, 0.25) is 0 Å². The van der Waals surface area contributed by atoms with Gasteiger partial charge in [-0.2, -0.15) is 0 Å². The molecule has 2 aromatic carbocycles. The van der Waals surface area contributed by atoms with Crippen LogP contribution >= 0.6 is 22.6 Å². The second-order valence-electron chi connectivity index (χ2n) is 4.46. The molecule has 0 saturated carbocycles. The number of halogens is 1. The lowest BCUT2D eigenvalue weighted by Gasteiger charge is -2.17. The predicted octanol–water partition coefficient (Wildman–Crippen LogP) is 3.71. The fourth-order valence-electron chi connectivity index (χ4n) is 2.02. The Morgan fingerprint density at radius 2 is 2.00 bits per heavy atom. The molecule has 20 heavy (non-hydrogen) atoms. The normalized spacial score (nSPS) is 12.9. The van der Waals surface area contributed by atoms with Crippen molar-refractivity contribution in [1.82, 2.24) is 0 Å². The summed E-state index contributed by atoms with van der Waals surface area (Å²) < 4.78 is 6.67. The number of nitrogens with one attached hydrogen (secondary N) is 1. The van der Waals surface area contributed by atoms with E-state index in [0.29, 0.717) is 12.2 Å². The van der Waals surface area contributed by atoms with Crippen LogP contribution in [0.1, 0.15) is 5.56 Å². The fraction of sp³-hybridized carbons (Fsp3) is 0.0625. The highest BCUT2D eigenvalue weighted by molar-refractivity contribution is 14.1. The second-order valence-corrected chi connectivity index (χ2v) is 5.71. The third kappa shape index (κ3) is 2.85. The Balaban J connectivity index is 1.80. The molecule has 2 aromatic rings. The number of anilines is 1. The molecule has 0 spiro atoms. The summed E-state index contributed by atoms with van der Waals surface area (Å²) >= 11 is 2.22. The number of fused-ring (bicyclic) bond motifs is 1. The molecule has 1 heterocycles. The number of hydrogen-bond acceptors (Lipinski definition) is 2. The maximum Gasteiger partial charge on any atom is 0.255 e. The van der Waals surface area contributed by atoms with Crippen molar-refractivity contribution in [1.29, 1.82) is 0 Å². The Bertz CT molecular complexity index is 694. The van der Waals surface area contributed by atoms with Gasteiger partial charge >= 0.3 is 0 Å². The first-order valence-electron chi connectivity index (χ1n) is 6.22. The van der Waals surface area contributed by atoms with Gasteiger partial charge in [-0.25, -0.2) is 0 Å². The van der Waals surface area contributed by atoms with Gasteiger partial charge in [0.05, 0.1) is 5.57 Å². The Morgan fingerprint density at radius 3 is 2.85 bits per heavy atom. The maximum absolute atomic E-state index is 12.2. The number of para-hydroxylation sites is 1. The summed E-state index contributed by atoms with van der Waals surface area (Å²) in [5.74, 6) is 0.694. The Kier molecular flexibility index (Phi) is 3.73. The first-order valence-corrected chi connectivity index (χ1v) is 7.29. The minimum atomic E-state index is -0.124. The van der Waals surface area contributed by atoms with E-state index in [1.54, 1.807) is 0 Å². The van der Waals surface area contributed by atoms with Crippen molar-refractivity contribution in [2.24, 2.45) is 0 Å². The molecule has 0 unspecified atom stereocenters. The van der Waals surface area contributed by atoms with Gasteiger partial charge in [0, 0.05) is 14.8 Å². The second kappa shape index (κ2) is 5.66. The molecule has 0 atom stereocenters. The highest BCUT2D eigenvalue weighted by atomic mass is 127. The van der Waals surface area contributed by atoms with Gasteiger partial charge in [0.25, 0.3) is 5.91 Å². The molecule has 0 fully saturated rings. The van der Waals surface area contributed by atoms with E-state index in [1.807, 2.05) is 54.6 Å². The standard InChI is InChI=1S/C16H12INO2/c17-13-5-3-6-14(9-13)18-16(19)12-8-11-4-1-2-7-15(11)20-10-12/h1-9H,10H2,(H,18,19). The van der Waals surface area contributed by atoms with Crippen molar-refractivity contribution in [2.45, 2.75) is 0 Å². The molecule has 1 amide bonds. The number of carbonyl (C=O) groups is 1. The van der Waals surface area contributed by atoms with Crippen LogP contribution in [0.15, 0.2) is 54.1 Å². The van der Waals surface area contributed by atoms with E-state index in [1.165, 1.54) is 0 Å². The lowest BCUT2D eigenvalue weighted by atomic mass is 10.1. The van der Waals surface area contributed by atoms with Gasteiger partial charge < -0.3 is 10.1 Å². The van der Waals surface area contributed by atoms with E-state index < -0.39 is 0 Å². The molecule has 3 rings (SSSR count). The van der Waals surface area contributed by atoms with Gasteiger partial charge in [0.15, 0.2) is 0 Å². The molecular formula is C16H12INO2. The van der Waals surface area contributed by atoms with Gasteiger partial charge in [-0.05, 0) is 52.9 Å². The summed E-state index contributed by atoms with van der Waals surface area (Å²) in [4.78, 5) is 12.2. The van der Waals surface area contributed by atoms with E-state index in [0.717, 1.165) is 20.6 Å². The Morgan fingerprint density at radius 1 is 1.15 bits per heavy atom. The molecule has 0 saturated heterocycles. The minimum absolute atomic E-state index is 0.124.